The van der Waals surface area contributed by atoms with Crippen LogP contribution in [0.1, 0.15) is 65.7 Å². The summed E-state index contributed by atoms with van der Waals surface area (Å²) >= 11 is 0. The van der Waals surface area contributed by atoms with Crippen LogP contribution in [0.4, 0.5) is 5.69 Å². The first-order valence-electron chi connectivity index (χ1n) is 12.3. The molecule has 2 heterocycles. The van der Waals surface area contributed by atoms with E-state index < -0.39 is 15.9 Å². The van der Waals surface area contributed by atoms with E-state index in [9.17, 15) is 18.0 Å². The summed E-state index contributed by atoms with van der Waals surface area (Å²) in [4.78, 5) is 28.3. The van der Waals surface area contributed by atoms with Gasteiger partial charge in [0.15, 0.2) is 0 Å². The van der Waals surface area contributed by atoms with Gasteiger partial charge in [0, 0.05) is 26.2 Å². The lowest BCUT2D eigenvalue weighted by molar-refractivity contribution is 0.0725. The molecule has 4 rings (SSSR count). The van der Waals surface area contributed by atoms with Gasteiger partial charge >= 0.3 is 0 Å². The molecule has 2 fully saturated rings. The number of likely N-dealkylation sites (tertiary alicyclic amines) is 1. The van der Waals surface area contributed by atoms with E-state index in [1.54, 1.807) is 24.3 Å². The van der Waals surface area contributed by atoms with Gasteiger partial charge in [-0.3, -0.25) is 9.59 Å². The van der Waals surface area contributed by atoms with Crippen LogP contribution in [0.5, 0.6) is 5.75 Å². The molecule has 1 N–H and O–H groups in total. The molecule has 2 aliphatic rings. The zero-order chi connectivity index (χ0) is 24.8. The number of para-hydroxylation sites is 1. The molecule has 35 heavy (non-hydrogen) atoms. The fourth-order valence-corrected chi connectivity index (χ4v) is 6.24. The van der Waals surface area contributed by atoms with Crippen molar-refractivity contribution in [1.82, 2.24) is 9.21 Å². The first-order chi connectivity index (χ1) is 16.9. The van der Waals surface area contributed by atoms with Gasteiger partial charge in [-0.2, -0.15) is 4.31 Å². The van der Waals surface area contributed by atoms with E-state index in [1.165, 1.54) is 29.6 Å². The van der Waals surface area contributed by atoms with Crippen molar-refractivity contribution in [2.45, 2.75) is 49.8 Å². The van der Waals surface area contributed by atoms with Crippen LogP contribution >= 0.6 is 0 Å². The number of hydrogen-bond acceptors (Lipinski definition) is 5. The molecule has 2 amide bonds. The average molecular weight is 500 g/mol. The van der Waals surface area contributed by atoms with Crippen LogP contribution in [0.2, 0.25) is 0 Å². The van der Waals surface area contributed by atoms with Gasteiger partial charge in [0.2, 0.25) is 10.0 Å². The summed E-state index contributed by atoms with van der Waals surface area (Å²) in [7, 11) is -2.30. The molecule has 9 heteroatoms. The summed E-state index contributed by atoms with van der Waals surface area (Å²) in [6, 6.07) is 11.2. The first kappa shape index (κ1) is 25.2. The van der Waals surface area contributed by atoms with E-state index in [2.05, 4.69) is 5.32 Å². The molecule has 2 saturated heterocycles. The number of sulfonamides is 1. The zero-order valence-corrected chi connectivity index (χ0v) is 21.0. The Morgan fingerprint density at radius 2 is 1.46 bits per heavy atom. The van der Waals surface area contributed by atoms with E-state index in [0.29, 0.717) is 37.4 Å². The molecule has 188 valence electrons. The molecule has 0 aliphatic carbocycles. The van der Waals surface area contributed by atoms with Crippen LogP contribution in [-0.2, 0) is 10.0 Å². The highest BCUT2D eigenvalue weighted by atomic mass is 32.2. The zero-order valence-electron chi connectivity index (χ0n) is 20.2. The Kier molecular flexibility index (Phi) is 8.07. The van der Waals surface area contributed by atoms with Crippen LogP contribution in [-0.4, -0.2) is 62.7 Å². The quantitative estimate of drug-likeness (QED) is 0.645. The van der Waals surface area contributed by atoms with Gasteiger partial charge in [-0.1, -0.05) is 25.0 Å². The maximum Gasteiger partial charge on any atom is 0.259 e. The van der Waals surface area contributed by atoms with Crippen molar-refractivity contribution in [1.29, 1.82) is 0 Å². The second-order valence-electron chi connectivity index (χ2n) is 9.03. The molecule has 0 spiro atoms. The number of rotatable bonds is 6. The lowest BCUT2D eigenvalue weighted by Crippen LogP contribution is -2.36. The Bertz CT molecular complexity index is 1170. The van der Waals surface area contributed by atoms with Crippen LogP contribution in [0.25, 0.3) is 0 Å². The molecule has 2 aromatic rings. The van der Waals surface area contributed by atoms with Crippen LogP contribution < -0.4 is 10.1 Å². The number of methoxy groups -OCH3 is 1. The maximum atomic E-state index is 13.3. The smallest absolute Gasteiger partial charge is 0.259 e. The largest absolute Gasteiger partial charge is 0.496 e. The molecule has 0 saturated carbocycles. The Morgan fingerprint density at radius 3 is 2.14 bits per heavy atom. The first-order valence-corrected chi connectivity index (χ1v) is 13.7. The van der Waals surface area contributed by atoms with Crippen molar-refractivity contribution in [3.8, 4) is 5.75 Å². The van der Waals surface area contributed by atoms with Crippen molar-refractivity contribution >= 4 is 27.5 Å². The highest BCUT2D eigenvalue weighted by Crippen LogP contribution is 2.28. The molecular formula is C26H33N3O5S. The second-order valence-corrected chi connectivity index (χ2v) is 11.0. The number of amides is 2. The van der Waals surface area contributed by atoms with Gasteiger partial charge in [0.25, 0.3) is 11.8 Å². The maximum absolute atomic E-state index is 13.3. The average Bonchev–Trinajstić information content (AvgIpc) is 3.19. The normalized spacial score (nSPS) is 17.5. The minimum absolute atomic E-state index is 0.0584. The molecule has 2 aromatic carbocycles. The Hall–Kier alpha value is -2.91. The highest BCUT2D eigenvalue weighted by Gasteiger charge is 2.28. The van der Waals surface area contributed by atoms with Gasteiger partial charge in [-0.25, -0.2) is 8.42 Å². The summed E-state index contributed by atoms with van der Waals surface area (Å²) in [5.74, 6) is -0.393. The summed E-state index contributed by atoms with van der Waals surface area (Å²) < 4.78 is 33.5. The van der Waals surface area contributed by atoms with E-state index >= 15 is 0 Å². The standard InChI is InChI=1S/C26H33N3O5S/c1-34-24-14-13-20(35(32,33)29-17-9-2-3-10-18-29)19-22(24)25(30)27-23-12-6-5-11-21(23)26(31)28-15-7-4-8-16-28/h5-6,11-14,19H,2-4,7-10,15-18H2,1H3,(H,27,30). The van der Waals surface area contributed by atoms with Gasteiger partial charge < -0.3 is 15.0 Å². The fraction of sp³-hybridized carbons (Fsp3) is 0.462. The number of piperidine rings is 1. The molecule has 0 unspecified atom stereocenters. The highest BCUT2D eigenvalue weighted by molar-refractivity contribution is 7.89. The third-order valence-corrected chi connectivity index (χ3v) is 8.56. The number of nitrogens with zero attached hydrogens (tertiary/aromatic N) is 2. The van der Waals surface area contributed by atoms with Gasteiger partial charge in [0.05, 0.1) is 28.8 Å². The van der Waals surface area contributed by atoms with E-state index in [0.717, 1.165) is 44.9 Å². The van der Waals surface area contributed by atoms with E-state index in [4.69, 9.17) is 4.74 Å². The van der Waals surface area contributed by atoms with Crippen molar-refractivity contribution in [2.75, 3.05) is 38.6 Å². The Morgan fingerprint density at radius 1 is 0.829 bits per heavy atom. The molecule has 2 aliphatic heterocycles. The number of benzene rings is 2. The molecule has 0 bridgehead atoms. The van der Waals surface area contributed by atoms with Crippen LogP contribution in [0.15, 0.2) is 47.4 Å². The predicted molar refractivity (Wildman–Crippen MR) is 134 cm³/mol. The van der Waals surface area contributed by atoms with E-state index in [-0.39, 0.29) is 22.1 Å². The summed E-state index contributed by atoms with van der Waals surface area (Å²) in [5.41, 5.74) is 0.898. The van der Waals surface area contributed by atoms with E-state index in [1.807, 2.05) is 4.90 Å². The topological polar surface area (TPSA) is 96.0 Å². The third-order valence-electron chi connectivity index (χ3n) is 6.67. The number of anilines is 1. The van der Waals surface area contributed by atoms with Gasteiger partial charge in [-0.15, -0.1) is 0 Å². The summed E-state index contributed by atoms with van der Waals surface area (Å²) in [6.07, 6.45) is 6.72. The second kappa shape index (κ2) is 11.2. The fourth-order valence-electron chi connectivity index (χ4n) is 4.69. The SMILES string of the molecule is COc1ccc(S(=O)(=O)N2CCCCCC2)cc1C(=O)Nc1ccccc1C(=O)N1CCCCC1. The minimum atomic E-state index is -3.74. The summed E-state index contributed by atoms with van der Waals surface area (Å²) in [5, 5.41) is 2.81. The number of carbonyl (C=O) groups is 2. The lowest BCUT2D eigenvalue weighted by atomic mass is 10.1. The molecule has 0 radical (unpaired) electrons. The molecule has 0 aromatic heterocycles. The minimum Gasteiger partial charge on any atom is -0.496 e. The molecule has 8 nitrogen and oxygen atoms in total. The summed E-state index contributed by atoms with van der Waals surface area (Å²) in [6.45, 7) is 2.35. The number of carbonyl (C=O) groups excluding carboxylic acids is 2. The van der Waals surface area contributed by atoms with Crippen LogP contribution in [0.3, 0.4) is 0 Å². The number of nitrogens with one attached hydrogen (secondary N) is 1. The molecule has 0 atom stereocenters. The Balaban J connectivity index is 1.61. The third kappa shape index (κ3) is 5.67. The van der Waals surface area contributed by atoms with Gasteiger partial charge in [0.1, 0.15) is 5.75 Å². The van der Waals surface area contributed by atoms with Crippen LogP contribution in [0, 0.1) is 0 Å². The van der Waals surface area contributed by atoms with Gasteiger partial charge in [-0.05, 0) is 62.4 Å². The van der Waals surface area contributed by atoms with Crippen molar-refractivity contribution in [3.05, 3.63) is 53.6 Å². The monoisotopic (exact) mass is 499 g/mol. The number of hydrogen-bond donors (Lipinski definition) is 1. The Labute approximate surface area is 207 Å². The van der Waals surface area contributed by atoms with Crippen molar-refractivity contribution < 1.29 is 22.7 Å². The van der Waals surface area contributed by atoms with Crippen molar-refractivity contribution in [3.63, 3.8) is 0 Å². The number of ether oxygens (including phenoxy) is 1. The molecular weight excluding hydrogens is 466 g/mol. The van der Waals surface area contributed by atoms with Crippen molar-refractivity contribution in [2.24, 2.45) is 0 Å². The predicted octanol–water partition coefficient (Wildman–Crippen LogP) is 4.14. The lowest BCUT2D eigenvalue weighted by Gasteiger charge is -2.27.